The van der Waals surface area contributed by atoms with Crippen LogP contribution >= 0.6 is 0 Å². The molecule has 0 spiro atoms. The van der Waals surface area contributed by atoms with Gasteiger partial charge in [-0.1, -0.05) is 6.92 Å². The van der Waals surface area contributed by atoms with Crippen molar-refractivity contribution in [3.05, 3.63) is 23.3 Å². The Labute approximate surface area is 157 Å². The Morgan fingerprint density at radius 1 is 1.33 bits per heavy atom. The maximum Gasteiger partial charge on any atom is 0.344 e. The highest BCUT2D eigenvalue weighted by Crippen LogP contribution is 2.45. The highest BCUT2D eigenvalue weighted by molar-refractivity contribution is 5.99. The standard InChI is InChI=1S/C19H24N2O6/c1-5-10(2)20-17(23)12-7-9-14(22)21(12)18-11-6-8-13(25-3)16(26-4)15(11)19(24)27-18/h6,8,10,12,18H,5,7,9H2,1-4H3,(H,20,23)/t10-,12-,18-/m0/s1. The first-order chi connectivity index (χ1) is 12.9. The van der Waals surface area contributed by atoms with E-state index in [-0.39, 0.29) is 35.6 Å². The Morgan fingerprint density at radius 3 is 2.70 bits per heavy atom. The summed E-state index contributed by atoms with van der Waals surface area (Å²) in [6.07, 6.45) is 0.451. The number of amides is 2. The Bertz CT molecular complexity index is 778. The van der Waals surface area contributed by atoms with Gasteiger partial charge >= 0.3 is 5.97 Å². The minimum absolute atomic E-state index is 0.00202. The zero-order valence-corrected chi connectivity index (χ0v) is 15.9. The number of methoxy groups -OCH3 is 2. The Hall–Kier alpha value is -2.77. The summed E-state index contributed by atoms with van der Waals surface area (Å²) in [6.45, 7) is 3.87. The maximum atomic E-state index is 12.7. The first kappa shape index (κ1) is 19.0. The SMILES string of the molecule is CC[C@H](C)NC(=O)[C@@H]1CCC(=O)N1[C@H]1OC(=O)c2c1ccc(OC)c2OC. The van der Waals surface area contributed by atoms with Crippen molar-refractivity contribution in [1.29, 1.82) is 0 Å². The number of fused-ring (bicyclic) bond motifs is 1. The van der Waals surface area contributed by atoms with Crippen molar-refractivity contribution in [3.8, 4) is 11.5 Å². The summed E-state index contributed by atoms with van der Waals surface area (Å²) in [7, 11) is 2.91. The molecule has 2 amide bonds. The zero-order valence-electron chi connectivity index (χ0n) is 15.9. The fourth-order valence-electron chi connectivity index (χ4n) is 3.48. The van der Waals surface area contributed by atoms with Gasteiger partial charge < -0.3 is 19.5 Å². The van der Waals surface area contributed by atoms with Crippen LogP contribution in [-0.4, -0.2) is 49.0 Å². The molecule has 1 N–H and O–H groups in total. The number of hydrogen-bond donors (Lipinski definition) is 1. The lowest BCUT2D eigenvalue weighted by Gasteiger charge is -2.30. The molecule has 1 aromatic carbocycles. The molecule has 0 aromatic heterocycles. The van der Waals surface area contributed by atoms with Gasteiger partial charge in [0.05, 0.1) is 14.2 Å². The van der Waals surface area contributed by atoms with Gasteiger partial charge in [-0.05, 0) is 31.9 Å². The third kappa shape index (κ3) is 3.20. The predicted molar refractivity (Wildman–Crippen MR) is 95.5 cm³/mol. The summed E-state index contributed by atoms with van der Waals surface area (Å²) >= 11 is 0. The van der Waals surface area contributed by atoms with Crippen LogP contribution in [0, 0.1) is 0 Å². The lowest BCUT2D eigenvalue weighted by molar-refractivity contribution is -0.146. The van der Waals surface area contributed by atoms with Gasteiger partial charge in [-0.3, -0.25) is 14.5 Å². The number of nitrogens with zero attached hydrogens (tertiary/aromatic N) is 1. The molecule has 1 aromatic rings. The Morgan fingerprint density at radius 2 is 2.07 bits per heavy atom. The monoisotopic (exact) mass is 376 g/mol. The number of nitrogens with one attached hydrogen (secondary N) is 1. The summed E-state index contributed by atoms with van der Waals surface area (Å²) in [5, 5.41) is 2.90. The van der Waals surface area contributed by atoms with Gasteiger partial charge in [-0.25, -0.2) is 4.79 Å². The number of carbonyl (C=O) groups excluding carboxylic acids is 3. The number of ether oxygens (including phenoxy) is 3. The van der Waals surface area contributed by atoms with Crippen molar-refractivity contribution < 1.29 is 28.6 Å². The van der Waals surface area contributed by atoms with Gasteiger partial charge in [0.15, 0.2) is 11.5 Å². The third-order valence-corrected chi connectivity index (χ3v) is 5.08. The molecule has 27 heavy (non-hydrogen) atoms. The molecule has 8 heteroatoms. The Kier molecular flexibility index (Phi) is 5.25. The van der Waals surface area contributed by atoms with Crippen LogP contribution in [0.3, 0.4) is 0 Å². The smallest absolute Gasteiger partial charge is 0.344 e. The fourth-order valence-corrected chi connectivity index (χ4v) is 3.48. The maximum absolute atomic E-state index is 12.7. The average Bonchev–Trinajstić information content (AvgIpc) is 3.20. The van der Waals surface area contributed by atoms with Gasteiger partial charge in [-0.2, -0.15) is 0 Å². The molecular weight excluding hydrogens is 352 g/mol. The van der Waals surface area contributed by atoms with Crippen molar-refractivity contribution in [2.24, 2.45) is 0 Å². The molecule has 0 radical (unpaired) electrons. The topological polar surface area (TPSA) is 94.2 Å². The Balaban J connectivity index is 1.96. The molecule has 146 valence electrons. The van der Waals surface area contributed by atoms with E-state index >= 15 is 0 Å². The van der Waals surface area contributed by atoms with Crippen LogP contribution in [0.1, 0.15) is 55.3 Å². The fraction of sp³-hybridized carbons (Fsp3) is 0.526. The quantitative estimate of drug-likeness (QED) is 0.761. The second-order valence-corrected chi connectivity index (χ2v) is 6.70. The van der Waals surface area contributed by atoms with Gasteiger partial charge in [-0.15, -0.1) is 0 Å². The van der Waals surface area contributed by atoms with Gasteiger partial charge in [0, 0.05) is 18.0 Å². The van der Waals surface area contributed by atoms with E-state index in [1.54, 1.807) is 12.1 Å². The van der Waals surface area contributed by atoms with E-state index in [4.69, 9.17) is 14.2 Å². The van der Waals surface area contributed by atoms with Crippen LogP contribution in [0.25, 0.3) is 0 Å². The van der Waals surface area contributed by atoms with Crippen LogP contribution in [-0.2, 0) is 14.3 Å². The molecular formula is C19H24N2O6. The molecule has 2 heterocycles. The first-order valence-electron chi connectivity index (χ1n) is 9.00. The first-order valence-corrected chi connectivity index (χ1v) is 9.00. The zero-order chi connectivity index (χ0) is 19.7. The van der Waals surface area contributed by atoms with Gasteiger partial charge in [0.1, 0.15) is 11.6 Å². The van der Waals surface area contributed by atoms with Crippen LogP contribution < -0.4 is 14.8 Å². The summed E-state index contributed by atoms with van der Waals surface area (Å²) in [6, 6.07) is 2.64. The van der Waals surface area contributed by atoms with E-state index in [0.717, 1.165) is 6.42 Å². The van der Waals surface area contributed by atoms with Crippen molar-refractivity contribution >= 4 is 17.8 Å². The van der Waals surface area contributed by atoms with E-state index < -0.39 is 18.2 Å². The molecule has 8 nitrogen and oxygen atoms in total. The number of hydrogen-bond acceptors (Lipinski definition) is 6. The largest absolute Gasteiger partial charge is 0.493 e. The predicted octanol–water partition coefficient (Wildman–Crippen LogP) is 1.78. The summed E-state index contributed by atoms with van der Waals surface area (Å²) in [5.41, 5.74) is 0.719. The van der Waals surface area contributed by atoms with Gasteiger partial charge in [0.2, 0.25) is 18.0 Å². The minimum atomic E-state index is -0.949. The number of rotatable bonds is 6. The van der Waals surface area contributed by atoms with E-state index in [9.17, 15) is 14.4 Å². The van der Waals surface area contributed by atoms with Crippen LogP contribution in [0.2, 0.25) is 0 Å². The summed E-state index contributed by atoms with van der Waals surface area (Å²) in [4.78, 5) is 39.0. The molecule has 1 fully saturated rings. The molecule has 0 bridgehead atoms. The van der Waals surface area contributed by atoms with Crippen molar-refractivity contribution in [2.45, 2.75) is 51.4 Å². The number of cyclic esters (lactones) is 1. The molecule has 0 unspecified atom stereocenters. The molecule has 1 saturated heterocycles. The summed E-state index contributed by atoms with van der Waals surface area (Å²) < 4.78 is 16.0. The third-order valence-electron chi connectivity index (χ3n) is 5.08. The summed E-state index contributed by atoms with van der Waals surface area (Å²) in [5.74, 6) is -0.408. The lowest BCUT2D eigenvalue weighted by atomic mass is 10.0. The van der Waals surface area contributed by atoms with E-state index in [2.05, 4.69) is 5.32 Å². The molecule has 2 aliphatic heterocycles. The number of carbonyl (C=O) groups is 3. The van der Waals surface area contributed by atoms with E-state index in [1.807, 2.05) is 13.8 Å². The molecule has 3 atom stereocenters. The van der Waals surface area contributed by atoms with Crippen LogP contribution in [0.4, 0.5) is 0 Å². The number of benzene rings is 1. The van der Waals surface area contributed by atoms with Crippen molar-refractivity contribution in [2.75, 3.05) is 14.2 Å². The highest BCUT2D eigenvalue weighted by Gasteiger charge is 2.47. The molecule has 0 aliphatic carbocycles. The second kappa shape index (κ2) is 7.46. The van der Waals surface area contributed by atoms with Crippen LogP contribution in [0.15, 0.2) is 12.1 Å². The second-order valence-electron chi connectivity index (χ2n) is 6.70. The van der Waals surface area contributed by atoms with Crippen molar-refractivity contribution in [3.63, 3.8) is 0 Å². The molecule has 3 rings (SSSR count). The number of esters is 1. The van der Waals surface area contributed by atoms with Gasteiger partial charge in [0.25, 0.3) is 0 Å². The minimum Gasteiger partial charge on any atom is -0.493 e. The normalized spacial score (nSPS) is 22.3. The molecule has 0 saturated carbocycles. The highest BCUT2D eigenvalue weighted by atomic mass is 16.6. The van der Waals surface area contributed by atoms with E-state index in [0.29, 0.717) is 17.7 Å². The lowest BCUT2D eigenvalue weighted by Crippen LogP contribution is -2.48. The average molecular weight is 376 g/mol. The van der Waals surface area contributed by atoms with Crippen molar-refractivity contribution in [1.82, 2.24) is 10.2 Å². The molecule has 2 aliphatic rings. The number of likely N-dealkylation sites (tertiary alicyclic amines) is 1. The van der Waals surface area contributed by atoms with E-state index in [1.165, 1.54) is 19.1 Å². The van der Waals surface area contributed by atoms with Crippen LogP contribution in [0.5, 0.6) is 11.5 Å².